The first-order valence-electron chi connectivity index (χ1n) is 6.41. The van der Waals surface area contributed by atoms with Crippen LogP contribution in [0.2, 0.25) is 0 Å². The lowest BCUT2D eigenvalue weighted by molar-refractivity contribution is -0.140. The third-order valence-corrected chi connectivity index (χ3v) is 5.70. The van der Waals surface area contributed by atoms with Gasteiger partial charge in [-0.15, -0.1) is 0 Å². The van der Waals surface area contributed by atoms with Gasteiger partial charge in [-0.3, -0.25) is 4.72 Å². The van der Waals surface area contributed by atoms with Gasteiger partial charge in [0.1, 0.15) is 4.90 Å². The molecule has 0 saturated carbocycles. The minimum Gasteiger partial charge on any atom is -0.280 e. The number of halogens is 3. The molecule has 24 heavy (non-hydrogen) atoms. The zero-order valence-electron chi connectivity index (χ0n) is 12.2. The van der Waals surface area contributed by atoms with Crippen molar-refractivity contribution in [1.82, 2.24) is 0 Å². The molecule has 2 aromatic carbocycles. The first-order valence-corrected chi connectivity index (χ1v) is 9.78. The highest BCUT2D eigenvalue weighted by Gasteiger charge is 2.39. The maximum Gasteiger partial charge on any atom is 0.417 e. The summed E-state index contributed by atoms with van der Waals surface area (Å²) in [6.45, 7) is 0. The molecule has 0 amide bonds. The first-order chi connectivity index (χ1) is 10.9. The molecule has 0 aliphatic heterocycles. The van der Waals surface area contributed by atoms with Gasteiger partial charge in [0, 0.05) is 11.9 Å². The van der Waals surface area contributed by atoms with E-state index in [1.165, 1.54) is 24.3 Å². The normalized spacial score (nSPS) is 12.8. The maximum absolute atomic E-state index is 13.1. The van der Waals surface area contributed by atoms with E-state index in [1.54, 1.807) is 6.07 Å². The van der Waals surface area contributed by atoms with Crippen LogP contribution in [0.15, 0.2) is 58.3 Å². The van der Waals surface area contributed by atoms with Crippen molar-refractivity contribution in [2.45, 2.75) is 16.0 Å². The third kappa shape index (κ3) is 3.88. The molecule has 0 aliphatic carbocycles. The Morgan fingerprint density at radius 1 is 0.875 bits per heavy atom. The minimum absolute atomic E-state index is 0.0920. The van der Waals surface area contributed by atoms with E-state index in [4.69, 9.17) is 0 Å². The van der Waals surface area contributed by atoms with Crippen LogP contribution < -0.4 is 4.72 Å². The molecule has 0 fully saturated rings. The van der Waals surface area contributed by atoms with E-state index < -0.39 is 41.4 Å². The van der Waals surface area contributed by atoms with Gasteiger partial charge in [-0.2, -0.15) is 13.2 Å². The molecule has 0 radical (unpaired) electrons. The molecule has 2 aromatic rings. The van der Waals surface area contributed by atoms with Crippen LogP contribution in [-0.4, -0.2) is 23.1 Å². The Balaban J connectivity index is 2.71. The SMILES string of the molecule is CS(=O)(=O)c1c(C(F)(F)F)cccc1S(=O)(=O)Nc1ccccc1. The van der Waals surface area contributed by atoms with Gasteiger partial charge in [-0.25, -0.2) is 16.8 Å². The molecule has 0 saturated heterocycles. The summed E-state index contributed by atoms with van der Waals surface area (Å²) in [4.78, 5) is -2.23. The predicted molar refractivity (Wildman–Crippen MR) is 81.8 cm³/mol. The molecule has 0 atom stereocenters. The summed E-state index contributed by atoms with van der Waals surface area (Å²) >= 11 is 0. The van der Waals surface area contributed by atoms with Gasteiger partial charge in [0.15, 0.2) is 9.84 Å². The predicted octanol–water partition coefficient (Wildman–Crippen LogP) is 2.91. The number of sulfone groups is 1. The summed E-state index contributed by atoms with van der Waals surface area (Å²) in [6, 6.07) is 9.59. The van der Waals surface area contributed by atoms with Crippen LogP contribution in [0.4, 0.5) is 18.9 Å². The third-order valence-electron chi connectivity index (χ3n) is 2.97. The van der Waals surface area contributed by atoms with Crippen molar-refractivity contribution >= 4 is 25.5 Å². The van der Waals surface area contributed by atoms with Crippen molar-refractivity contribution in [2.24, 2.45) is 0 Å². The molecule has 5 nitrogen and oxygen atoms in total. The van der Waals surface area contributed by atoms with Gasteiger partial charge in [0.05, 0.1) is 10.5 Å². The Bertz CT molecular complexity index is 953. The molecule has 0 aromatic heterocycles. The fraction of sp³-hybridized carbons (Fsp3) is 0.143. The molecule has 0 unspecified atom stereocenters. The number of hydrogen-bond acceptors (Lipinski definition) is 4. The lowest BCUT2D eigenvalue weighted by Gasteiger charge is -2.16. The summed E-state index contributed by atoms with van der Waals surface area (Å²) in [7, 11) is -9.00. The molecular formula is C14H12F3NO4S2. The van der Waals surface area contributed by atoms with Crippen molar-refractivity contribution in [2.75, 3.05) is 11.0 Å². The van der Waals surface area contributed by atoms with E-state index in [0.29, 0.717) is 12.3 Å². The highest BCUT2D eigenvalue weighted by atomic mass is 32.2. The molecule has 2 rings (SSSR count). The average molecular weight is 379 g/mol. The monoisotopic (exact) mass is 379 g/mol. The van der Waals surface area contributed by atoms with Crippen LogP contribution in [0.25, 0.3) is 0 Å². The average Bonchev–Trinajstić information content (AvgIpc) is 2.45. The van der Waals surface area contributed by atoms with Crippen molar-refractivity contribution in [3.63, 3.8) is 0 Å². The lowest BCUT2D eigenvalue weighted by atomic mass is 10.2. The quantitative estimate of drug-likeness (QED) is 0.886. The van der Waals surface area contributed by atoms with Crippen molar-refractivity contribution in [3.8, 4) is 0 Å². The number of benzene rings is 2. The zero-order valence-corrected chi connectivity index (χ0v) is 13.8. The number of nitrogens with one attached hydrogen (secondary N) is 1. The molecule has 0 bridgehead atoms. The molecule has 10 heteroatoms. The minimum atomic E-state index is -5.02. The Kier molecular flexibility index (Phi) is 4.64. The topological polar surface area (TPSA) is 80.3 Å². The standard InChI is InChI=1S/C14H12F3NO4S2/c1-23(19,20)13-11(14(15,16)17)8-5-9-12(13)24(21,22)18-10-6-3-2-4-7-10/h2-9,18H,1H3. The summed E-state index contributed by atoms with van der Waals surface area (Å²) in [5.41, 5.74) is -1.43. The highest BCUT2D eigenvalue weighted by molar-refractivity contribution is 7.95. The molecule has 0 heterocycles. The molecule has 0 spiro atoms. The van der Waals surface area contributed by atoms with Crippen LogP contribution in [0.1, 0.15) is 5.56 Å². The second kappa shape index (κ2) is 6.10. The maximum atomic E-state index is 13.1. The molecule has 1 N–H and O–H groups in total. The van der Waals surface area contributed by atoms with Gasteiger partial charge >= 0.3 is 6.18 Å². The van der Waals surface area contributed by atoms with Crippen LogP contribution in [-0.2, 0) is 26.0 Å². The van der Waals surface area contributed by atoms with Crippen LogP contribution in [0.3, 0.4) is 0 Å². The van der Waals surface area contributed by atoms with Crippen molar-refractivity contribution in [1.29, 1.82) is 0 Å². The van der Waals surface area contributed by atoms with Gasteiger partial charge in [-0.1, -0.05) is 24.3 Å². The largest absolute Gasteiger partial charge is 0.417 e. The van der Waals surface area contributed by atoms with Crippen LogP contribution in [0, 0.1) is 0 Å². The van der Waals surface area contributed by atoms with E-state index in [1.807, 2.05) is 0 Å². The summed E-state index contributed by atoms with van der Waals surface area (Å²) in [6.07, 6.45) is -4.49. The van der Waals surface area contributed by atoms with E-state index >= 15 is 0 Å². The van der Waals surface area contributed by atoms with E-state index in [9.17, 15) is 30.0 Å². The number of sulfonamides is 1. The highest BCUT2D eigenvalue weighted by Crippen LogP contribution is 2.37. The first kappa shape index (κ1) is 18.3. The smallest absolute Gasteiger partial charge is 0.280 e. The number of rotatable bonds is 4. The van der Waals surface area contributed by atoms with E-state index in [2.05, 4.69) is 4.72 Å². The zero-order chi connectivity index (χ0) is 18.2. The lowest BCUT2D eigenvalue weighted by Crippen LogP contribution is -2.20. The van der Waals surface area contributed by atoms with Gasteiger partial charge in [-0.05, 0) is 24.3 Å². The van der Waals surface area contributed by atoms with Crippen molar-refractivity contribution in [3.05, 3.63) is 54.1 Å². The van der Waals surface area contributed by atoms with Crippen molar-refractivity contribution < 1.29 is 30.0 Å². The summed E-state index contributed by atoms with van der Waals surface area (Å²) < 4.78 is 89.8. The molecular weight excluding hydrogens is 367 g/mol. The van der Waals surface area contributed by atoms with Crippen LogP contribution in [0.5, 0.6) is 0 Å². The number of hydrogen-bond donors (Lipinski definition) is 1. The van der Waals surface area contributed by atoms with Crippen LogP contribution >= 0.6 is 0 Å². The number of para-hydroxylation sites is 1. The fourth-order valence-corrected chi connectivity index (χ4v) is 5.02. The fourth-order valence-electron chi connectivity index (χ4n) is 2.05. The van der Waals surface area contributed by atoms with Gasteiger partial charge in [0.2, 0.25) is 0 Å². The van der Waals surface area contributed by atoms with Gasteiger partial charge in [0.25, 0.3) is 10.0 Å². The Labute approximate surface area is 137 Å². The number of anilines is 1. The Morgan fingerprint density at radius 2 is 1.46 bits per heavy atom. The van der Waals surface area contributed by atoms with E-state index in [-0.39, 0.29) is 5.69 Å². The number of alkyl halides is 3. The van der Waals surface area contributed by atoms with Gasteiger partial charge < -0.3 is 0 Å². The summed E-state index contributed by atoms with van der Waals surface area (Å²) in [5.74, 6) is 0. The van der Waals surface area contributed by atoms with E-state index in [0.717, 1.165) is 12.1 Å². The second-order valence-electron chi connectivity index (χ2n) is 4.87. The molecule has 130 valence electrons. The Morgan fingerprint density at radius 3 is 1.96 bits per heavy atom. The summed E-state index contributed by atoms with van der Waals surface area (Å²) in [5, 5.41) is 0. The second-order valence-corrected chi connectivity index (χ2v) is 8.48. The Hall–Kier alpha value is -2.07. The molecule has 0 aliphatic rings.